The summed E-state index contributed by atoms with van der Waals surface area (Å²) in [6.07, 6.45) is 0.232. The van der Waals surface area contributed by atoms with Gasteiger partial charge in [-0.15, -0.1) is 0 Å². The second-order valence-corrected chi connectivity index (χ2v) is 6.81. The van der Waals surface area contributed by atoms with Crippen LogP contribution in [0.2, 0.25) is 0 Å². The first-order valence-electron chi connectivity index (χ1n) is 9.34. The Hall–Kier alpha value is -3.34. The largest absolute Gasteiger partial charge is 0.493 e. The number of aryl methyl sites for hydroxylation is 1. The smallest absolute Gasteiger partial charge is 0.165 e. The van der Waals surface area contributed by atoms with E-state index in [9.17, 15) is 9.18 Å². The van der Waals surface area contributed by atoms with E-state index in [2.05, 4.69) is 5.32 Å². The molecule has 1 atom stereocenters. The number of hydrogen-bond acceptors (Lipinski definition) is 4. The zero-order valence-electron chi connectivity index (χ0n) is 16.7. The lowest BCUT2D eigenvalue weighted by Gasteiger charge is -2.20. The third-order valence-electron chi connectivity index (χ3n) is 4.76. The van der Waals surface area contributed by atoms with Crippen molar-refractivity contribution in [1.29, 1.82) is 0 Å². The van der Waals surface area contributed by atoms with Crippen LogP contribution in [0.25, 0.3) is 0 Å². The first kappa shape index (κ1) is 20.4. The molecule has 0 bridgehead atoms. The number of nitrogens with one attached hydrogen (secondary N) is 1. The molecular formula is C24H24FNO3. The Morgan fingerprint density at radius 3 is 2.21 bits per heavy atom. The van der Waals surface area contributed by atoms with Crippen molar-refractivity contribution in [2.45, 2.75) is 19.4 Å². The molecule has 4 nitrogen and oxygen atoms in total. The van der Waals surface area contributed by atoms with Crippen LogP contribution in [-0.2, 0) is 0 Å². The molecule has 0 radical (unpaired) electrons. The number of Topliss-reactive ketones (excluding diaryl/α,β-unsaturated/α-hetero) is 1. The average molecular weight is 393 g/mol. The molecule has 1 N–H and O–H groups in total. The highest BCUT2D eigenvalue weighted by Gasteiger charge is 2.19. The Labute approximate surface area is 170 Å². The van der Waals surface area contributed by atoms with Gasteiger partial charge in [0.05, 0.1) is 20.3 Å². The molecule has 3 rings (SSSR count). The zero-order valence-corrected chi connectivity index (χ0v) is 16.7. The van der Waals surface area contributed by atoms with Crippen LogP contribution < -0.4 is 14.8 Å². The minimum Gasteiger partial charge on any atom is -0.493 e. The summed E-state index contributed by atoms with van der Waals surface area (Å²) in [5, 5.41) is 3.35. The number of hydrogen-bond donors (Lipinski definition) is 1. The highest BCUT2D eigenvalue weighted by atomic mass is 19.1. The molecule has 0 amide bonds. The van der Waals surface area contributed by atoms with E-state index in [0.29, 0.717) is 17.1 Å². The van der Waals surface area contributed by atoms with Gasteiger partial charge in [0.2, 0.25) is 0 Å². The van der Waals surface area contributed by atoms with Crippen molar-refractivity contribution < 1.29 is 18.7 Å². The number of rotatable bonds is 8. The standard InChI is InChI=1S/C24H24FNO3/c1-16-4-6-17(7-5-16)21(26-20-11-9-19(25)10-12-20)15-22(27)18-8-13-23(28-2)24(14-18)29-3/h4-14,21,26H,15H2,1-3H3. The lowest BCUT2D eigenvalue weighted by Crippen LogP contribution is -2.16. The molecule has 0 aromatic heterocycles. The van der Waals surface area contributed by atoms with E-state index >= 15 is 0 Å². The number of halogens is 1. The van der Waals surface area contributed by atoms with Gasteiger partial charge in [-0.2, -0.15) is 0 Å². The molecule has 29 heavy (non-hydrogen) atoms. The summed E-state index contributed by atoms with van der Waals surface area (Å²) < 4.78 is 23.8. The number of benzene rings is 3. The van der Waals surface area contributed by atoms with Gasteiger partial charge in [-0.1, -0.05) is 29.8 Å². The van der Waals surface area contributed by atoms with Gasteiger partial charge in [0.25, 0.3) is 0 Å². The summed E-state index contributed by atoms with van der Waals surface area (Å²) in [6.45, 7) is 2.01. The molecule has 0 heterocycles. The Morgan fingerprint density at radius 1 is 0.931 bits per heavy atom. The van der Waals surface area contributed by atoms with Crippen molar-refractivity contribution in [3.63, 3.8) is 0 Å². The van der Waals surface area contributed by atoms with Crippen molar-refractivity contribution in [1.82, 2.24) is 0 Å². The first-order chi connectivity index (χ1) is 14.0. The van der Waals surface area contributed by atoms with E-state index in [-0.39, 0.29) is 24.1 Å². The number of ketones is 1. The fourth-order valence-electron chi connectivity index (χ4n) is 3.11. The van der Waals surface area contributed by atoms with Crippen LogP contribution in [0.5, 0.6) is 11.5 Å². The van der Waals surface area contributed by atoms with Crippen molar-refractivity contribution in [3.05, 3.63) is 89.2 Å². The van der Waals surface area contributed by atoms with E-state index < -0.39 is 0 Å². The Kier molecular flexibility index (Phi) is 6.50. The van der Waals surface area contributed by atoms with Crippen LogP contribution in [0.4, 0.5) is 10.1 Å². The molecule has 3 aromatic carbocycles. The van der Waals surface area contributed by atoms with E-state index in [0.717, 1.165) is 16.8 Å². The van der Waals surface area contributed by atoms with Gasteiger partial charge in [0.15, 0.2) is 17.3 Å². The quantitative estimate of drug-likeness (QED) is 0.508. The van der Waals surface area contributed by atoms with Crippen LogP contribution in [-0.4, -0.2) is 20.0 Å². The first-order valence-corrected chi connectivity index (χ1v) is 9.34. The fraction of sp³-hybridized carbons (Fsp3) is 0.208. The lowest BCUT2D eigenvalue weighted by molar-refractivity contribution is 0.0976. The van der Waals surface area contributed by atoms with Gasteiger partial charge in [0.1, 0.15) is 5.82 Å². The molecule has 0 aliphatic carbocycles. The predicted molar refractivity (Wildman–Crippen MR) is 112 cm³/mol. The summed E-state index contributed by atoms with van der Waals surface area (Å²) in [7, 11) is 3.09. The van der Waals surface area contributed by atoms with Gasteiger partial charge in [-0.05, 0) is 55.0 Å². The second-order valence-electron chi connectivity index (χ2n) is 6.81. The van der Waals surface area contributed by atoms with Crippen LogP contribution in [0.15, 0.2) is 66.7 Å². The third-order valence-corrected chi connectivity index (χ3v) is 4.76. The van der Waals surface area contributed by atoms with E-state index in [1.54, 1.807) is 37.4 Å². The van der Waals surface area contributed by atoms with Crippen molar-refractivity contribution >= 4 is 11.5 Å². The molecule has 1 unspecified atom stereocenters. The fourth-order valence-corrected chi connectivity index (χ4v) is 3.11. The second kappa shape index (κ2) is 9.24. The molecule has 0 fully saturated rings. The van der Waals surface area contributed by atoms with Gasteiger partial charge >= 0.3 is 0 Å². The van der Waals surface area contributed by atoms with Gasteiger partial charge in [0, 0.05) is 17.7 Å². The van der Waals surface area contributed by atoms with E-state index in [4.69, 9.17) is 9.47 Å². The maximum absolute atomic E-state index is 13.3. The van der Waals surface area contributed by atoms with Crippen molar-refractivity contribution in [3.8, 4) is 11.5 Å². The summed E-state index contributed by atoms with van der Waals surface area (Å²) in [6, 6.07) is 19.0. The van der Waals surface area contributed by atoms with Crippen molar-refractivity contribution in [2.75, 3.05) is 19.5 Å². The molecule has 150 valence electrons. The molecular weight excluding hydrogens is 369 g/mol. The highest BCUT2D eigenvalue weighted by molar-refractivity contribution is 5.97. The van der Waals surface area contributed by atoms with Gasteiger partial charge in [-0.3, -0.25) is 4.79 Å². The highest BCUT2D eigenvalue weighted by Crippen LogP contribution is 2.30. The SMILES string of the molecule is COc1ccc(C(=O)CC(Nc2ccc(F)cc2)c2ccc(C)cc2)cc1OC. The van der Waals surface area contributed by atoms with Crippen molar-refractivity contribution in [2.24, 2.45) is 0 Å². The molecule has 3 aromatic rings. The number of carbonyl (C=O) groups excluding carboxylic acids is 1. The van der Waals surface area contributed by atoms with Gasteiger partial charge < -0.3 is 14.8 Å². The van der Waals surface area contributed by atoms with Crippen LogP contribution in [0, 0.1) is 12.7 Å². The maximum Gasteiger partial charge on any atom is 0.165 e. The molecule has 0 aliphatic rings. The summed E-state index contributed by atoms with van der Waals surface area (Å²) in [5.41, 5.74) is 3.41. The number of carbonyl (C=O) groups is 1. The molecule has 0 spiro atoms. The lowest BCUT2D eigenvalue weighted by atomic mass is 9.96. The maximum atomic E-state index is 13.3. The Balaban J connectivity index is 1.86. The minimum absolute atomic E-state index is 0.0360. The molecule has 0 saturated carbocycles. The minimum atomic E-state index is -0.302. The summed E-state index contributed by atoms with van der Waals surface area (Å²) in [4.78, 5) is 13.0. The third kappa shape index (κ3) is 5.13. The predicted octanol–water partition coefficient (Wildman–Crippen LogP) is 5.58. The summed E-state index contributed by atoms with van der Waals surface area (Å²) >= 11 is 0. The van der Waals surface area contributed by atoms with Crippen LogP contribution in [0.3, 0.4) is 0 Å². The molecule has 5 heteroatoms. The van der Waals surface area contributed by atoms with Gasteiger partial charge in [-0.25, -0.2) is 4.39 Å². The van der Waals surface area contributed by atoms with Crippen LogP contribution in [0.1, 0.15) is 33.9 Å². The molecule has 0 aliphatic heterocycles. The average Bonchev–Trinajstić information content (AvgIpc) is 2.74. The topological polar surface area (TPSA) is 47.6 Å². The Morgan fingerprint density at radius 2 is 1.59 bits per heavy atom. The van der Waals surface area contributed by atoms with E-state index in [1.165, 1.54) is 19.2 Å². The normalized spacial score (nSPS) is 11.6. The monoisotopic (exact) mass is 393 g/mol. The van der Waals surface area contributed by atoms with Crippen LogP contribution >= 0.6 is 0 Å². The molecule has 0 saturated heterocycles. The summed E-state index contributed by atoms with van der Waals surface area (Å²) in [5.74, 6) is 0.746. The zero-order chi connectivity index (χ0) is 20.8. The Bertz CT molecular complexity index is 968. The number of methoxy groups -OCH3 is 2. The number of ether oxygens (including phenoxy) is 2. The van der Waals surface area contributed by atoms with E-state index in [1.807, 2.05) is 31.2 Å². The number of anilines is 1.